The van der Waals surface area contributed by atoms with Gasteiger partial charge in [-0.2, -0.15) is 18.3 Å². The van der Waals surface area contributed by atoms with Crippen molar-refractivity contribution in [2.45, 2.75) is 19.1 Å². The van der Waals surface area contributed by atoms with Crippen LogP contribution < -0.4 is 10.6 Å². The molecular weight excluding hydrogens is 390 g/mol. The Kier molecular flexibility index (Phi) is 5.92. The van der Waals surface area contributed by atoms with E-state index in [1.54, 1.807) is 25.1 Å². The molecule has 0 radical (unpaired) electrons. The van der Waals surface area contributed by atoms with Gasteiger partial charge in [-0.3, -0.25) is 4.79 Å². The van der Waals surface area contributed by atoms with Crippen LogP contribution in [0.15, 0.2) is 55.1 Å². The van der Waals surface area contributed by atoms with Gasteiger partial charge in [-0.25, -0.2) is 14.1 Å². The second kappa shape index (κ2) is 8.39. The van der Waals surface area contributed by atoms with E-state index in [9.17, 15) is 22.4 Å². The molecule has 1 atom stereocenters. The summed E-state index contributed by atoms with van der Waals surface area (Å²) in [6.07, 6.45) is -2.05. The smallest absolute Gasteiger partial charge is 0.323 e. The molecule has 0 spiro atoms. The van der Waals surface area contributed by atoms with E-state index in [0.29, 0.717) is 5.56 Å². The maximum atomic E-state index is 13.8. The number of aromatic nitrogens is 3. The van der Waals surface area contributed by atoms with Crippen molar-refractivity contribution in [3.8, 4) is 5.69 Å². The van der Waals surface area contributed by atoms with Gasteiger partial charge in [-0.05, 0) is 31.2 Å². The highest BCUT2D eigenvalue weighted by molar-refractivity contribution is 5.94. The van der Waals surface area contributed by atoms with E-state index in [2.05, 4.69) is 20.7 Å². The van der Waals surface area contributed by atoms with E-state index in [0.717, 1.165) is 12.1 Å². The summed E-state index contributed by atoms with van der Waals surface area (Å²) in [6, 6.07) is 8.56. The van der Waals surface area contributed by atoms with E-state index in [-0.39, 0.29) is 17.9 Å². The van der Waals surface area contributed by atoms with Crippen molar-refractivity contribution in [1.82, 2.24) is 20.1 Å². The van der Waals surface area contributed by atoms with E-state index in [1.807, 2.05) is 0 Å². The van der Waals surface area contributed by atoms with Gasteiger partial charge in [0.2, 0.25) is 5.91 Å². The number of amides is 1. The first kappa shape index (κ1) is 20.5. The average Bonchev–Trinajstić information content (AvgIpc) is 3.20. The molecule has 0 fully saturated rings. The van der Waals surface area contributed by atoms with Crippen LogP contribution in [0.4, 0.5) is 23.2 Å². The number of halogens is 4. The number of alkyl halides is 3. The first-order valence-electron chi connectivity index (χ1n) is 8.59. The number of carbonyl (C=O) groups is 1. The number of benzene rings is 2. The Morgan fingerprint density at radius 3 is 2.62 bits per heavy atom. The summed E-state index contributed by atoms with van der Waals surface area (Å²) < 4.78 is 54.2. The lowest BCUT2D eigenvalue weighted by Crippen LogP contribution is -2.31. The van der Waals surface area contributed by atoms with Gasteiger partial charge in [0.15, 0.2) is 0 Å². The van der Waals surface area contributed by atoms with Gasteiger partial charge in [0.1, 0.15) is 18.5 Å². The summed E-state index contributed by atoms with van der Waals surface area (Å²) >= 11 is 0. The number of hydrogen-bond donors (Lipinski definition) is 2. The number of nitrogens with zero attached hydrogens (tertiary/aromatic N) is 3. The lowest BCUT2D eigenvalue weighted by atomic mass is 10.1. The van der Waals surface area contributed by atoms with Gasteiger partial charge >= 0.3 is 6.18 Å². The fraction of sp³-hybridized carbons (Fsp3) is 0.211. The number of rotatable bonds is 6. The van der Waals surface area contributed by atoms with E-state index in [4.69, 9.17) is 0 Å². The fourth-order valence-electron chi connectivity index (χ4n) is 2.72. The van der Waals surface area contributed by atoms with Crippen LogP contribution >= 0.6 is 0 Å². The normalized spacial score (nSPS) is 12.6. The molecule has 1 amide bonds. The van der Waals surface area contributed by atoms with Crippen molar-refractivity contribution in [3.05, 3.63) is 72.1 Å². The summed E-state index contributed by atoms with van der Waals surface area (Å²) in [5.74, 6) is -1.01. The maximum Gasteiger partial charge on any atom is 0.416 e. The molecule has 6 nitrogen and oxygen atoms in total. The summed E-state index contributed by atoms with van der Waals surface area (Å²) in [5, 5.41) is 9.18. The molecule has 0 unspecified atom stereocenters. The molecule has 0 saturated carbocycles. The Labute approximate surface area is 163 Å². The van der Waals surface area contributed by atoms with E-state index < -0.39 is 29.5 Å². The molecule has 152 valence electrons. The molecule has 0 bridgehead atoms. The van der Waals surface area contributed by atoms with Crippen LogP contribution in [0.25, 0.3) is 5.69 Å². The highest BCUT2D eigenvalue weighted by atomic mass is 19.4. The van der Waals surface area contributed by atoms with Gasteiger partial charge in [-0.1, -0.05) is 18.2 Å². The summed E-state index contributed by atoms with van der Waals surface area (Å²) in [6.45, 7) is 1.44. The molecule has 0 aliphatic rings. The van der Waals surface area contributed by atoms with Crippen LogP contribution in [0.5, 0.6) is 0 Å². The van der Waals surface area contributed by atoms with Gasteiger partial charge in [0.25, 0.3) is 0 Å². The van der Waals surface area contributed by atoms with Crippen LogP contribution in [0.2, 0.25) is 0 Å². The Hall–Kier alpha value is -3.27. The van der Waals surface area contributed by atoms with E-state index >= 15 is 0 Å². The zero-order valence-corrected chi connectivity index (χ0v) is 15.2. The van der Waals surface area contributed by atoms with Crippen LogP contribution in [0.1, 0.15) is 24.1 Å². The zero-order chi connectivity index (χ0) is 21.0. The summed E-state index contributed by atoms with van der Waals surface area (Å²) in [4.78, 5) is 16.1. The molecule has 29 heavy (non-hydrogen) atoms. The van der Waals surface area contributed by atoms with E-state index in [1.165, 1.54) is 29.5 Å². The Morgan fingerprint density at radius 2 is 1.97 bits per heavy atom. The molecule has 1 aromatic heterocycles. The molecule has 2 aromatic carbocycles. The predicted molar refractivity (Wildman–Crippen MR) is 97.8 cm³/mol. The molecule has 2 N–H and O–H groups in total. The van der Waals surface area contributed by atoms with Crippen molar-refractivity contribution in [2.75, 3.05) is 11.9 Å². The van der Waals surface area contributed by atoms with Gasteiger partial charge in [0, 0.05) is 11.6 Å². The lowest BCUT2D eigenvalue weighted by Gasteiger charge is -2.17. The van der Waals surface area contributed by atoms with Crippen LogP contribution in [-0.2, 0) is 11.0 Å². The van der Waals surface area contributed by atoms with Crippen molar-refractivity contribution in [1.29, 1.82) is 0 Å². The molecule has 0 aliphatic heterocycles. The quantitative estimate of drug-likeness (QED) is 0.611. The molecule has 1 heterocycles. The van der Waals surface area contributed by atoms with Crippen molar-refractivity contribution in [3.63, 3.8) is 0 Å². The van der Waals surface area contributed by atoms with Crippen molar-refractivity contribution < 1.29 is 22.4 Å². The number of anilines is 1. The minimum absolute atomic E-state index is 0.0735. The minimum Gasteiger partial charge on any atom is -0.323 e. The largest absolute Gasteiger partial charge is 0.416 e. The second-order valence-electron chi connectivity index (χ2n) is 6.24. The highest BCUT2D eigenvalue weighted by Gasteiger charge is 2.31. The Balaban J connectivity index is 1.76. The van der Waals surface area contributed by atoms with Crippen LogP contribution in [0.3, 0.4) is 0 Å². The summed E-state index contributed by atoms with van der Waals surface area (Å²) in [7, 11) is 0. The van der Waals surface area contributed by atoms with Crippen LogP contribution in [0, 0.1) is 5.82 Å². The average molecular weight is 407 g/mol. The fourth-order valence-corrected chi connectivity index (χ4v) is 2.72. The first-order chi connectivity index (χ1) is 13.8. The Bertz CT molecular complexity index is 989. The highest BCUT2D eigenvalue weighted by Crippen LogP contribution is 2.33. The number of carbonyl (C=O) groups excluding carboxylic acids is 1. The molecule has 0 aliphatic carbocycles. The third-order valence-corrected chi connectivity index (χ3v) is 4.20. The molecule has 0 saturated heterocycles. The summed E-state index contributed by atoms with van der Waals surface area (Å²) in [5.41, 5.74) is -0.381. The molecule has 10 heteroatoms. The van der Waals surface area contributed by atoms with Gasteiger partial charge in [0.05, 0.1) is 23.5 Å². The second-order valence-corrected chi connectivity index (χ2v) is 6.24. The third-order valence-electron chi connectivity index (χ3n) is 4.20. The third kappa shape index (κ3) is 4.96. The number of nitrogens with one attached hydrogen (secondary N) is 2. The lowest BCUT2D eigenvalue weighted by molar-refractivity contribution is -0.137. The molecular formula is C19H17F4N5O. The van der Waals surface area contributed by atoms with Gasteiger partial charge < -0.3 is 10.6 Å². The zero-order valence-electron chi connectivity index (χ0n) is 15.2. The standard InChI is InChI=1S/C19H17F4N5O/c1-12(14-4-2-3-5-15(14)20)25-9-18(29)27-16-8-13(19(21,22)23)6-7-17(16)28-11-24-10-26-28/h2-8,10-12,25H,9H2,1H3,(H,27,29)/t12-/m1/s1. The topological polar surface area (TPSA) is 71.8 Å². The minimum atomic E-state index is -4.57. The van der Waals surface area contributed by atoms with Gasteiger partial charge in [-0.15, -0.1) is 0 Å². The Morgan fingerprint density at radius 1 is 1.21 bits per heavy atom. The van der Waals surface area contributed by atoms with Crippen LogP contribution in [-0.4, -0.2) is 27.2 Å². The molecule has 3 rings (SSSR count). The maximum absolute atomic E-state index is 13.8. The van der Waals surface area contributed by atoms with Crippen molar-refractivity contribution in [2.24, 2.45) is 0 Å². The predicted octanol–water partition coefficient (Wildman–Crippen LogP) is 3.71. The monoisotopic (exact) mass is 407 g/mol. The molecule has 3 aromatic rings. The first-order valence-corrected chi connectivity index (χ1v) is 8.59. The SMILES string of the molecule is C[C@@H](NCC(=O)Nc1cc(C(F)(F)F)ccc1-n1cncn1)c1ccccc1F. The van der Waals surface area contributed by atoms with Crippen molar-refractivity contribution >= 4 is 11.6 Å². The number of hydrogen-bond acceptors (Lipinski definition) is 4.